The lowest BCUT2D eigenvalue weighted by atomic mass is 10.0. The Morgan fingerprint density at radius 2 is 0.932 bits per heavy atom. The minimum Gasteiger partial charge on any atom is -0.343 e. The van der Waals surface area contributed by atoms with Gasteiger partial charge in [0, 0.05) is 53.6 Å². The van der Waals surface area contributed by atoms with Gasteiger partial charge in [0.25, 0.3) is 35.2 Å². The highest BCUT2D eigenvalue weighted by molar-refractivity contribution is 7.33. The normalized spacial score (nSPS) is 11.6. The highest BCUT2D eigenvalue weighted by Gasteiger charge is 2.48. The first-order valence-corrected chi connectivity index (χ1v) is 24.2. The first-order valence-electron chi connectivity index (χ1n) is 23.1. The Kier molecular flexibility index (Phi) is 16.9. The first kappa shape index (κ1) is 55.6. The molecule has 0 aliphatic rings. The molecule has 0 unspecified atom stereocenters. The number of Topliss-reactive ketones (excluding diaryl/α,β-unsaturated/α-hetero) is 2. The van der Waals surface area contributed by atoms with Gasteiger partial charge < -0.3 is 30.4 Å². The monoisotopic (exact) mass is 1050 g/mol. The molecule has 4 amide bonds. The van der Waals surface area contributed by atoms with Gasteiger partial charge in [-0.15, -0.1) is 10.2 Å². The summed E-state index contributed by atoms with van der Waals surface area (Å²) in [6, 6.07) is 5.69. The summed E-state index contributed by atoms with van der Waals surface area (Å²) < 4.78 is 86.1. The van der Waals surface area contributed by atoms with Crippen LogP contribution in [0.25, 0.3) is 0 Å². The third-order valence-electron chi connectivity index (χ3n) is 13.0. The van der Waals surface area contributed by atoms with Gasteiger partial charge in [-0.1, -0.05) is 47.2 Å². The average Bonchev–Trinajstić information content (AvgIpc) is 4.15. The molecule has 4 aromatic heterocycles. The van der Waals surface area contributed by atoms with Crippen molar-refractivity contribution in [2.75, 3.05) is 10.6 Å². The van der Waals surface area contributed by atoms with Gasteiger partial charge in [-0.3, -0.25) is 28.8 Å². The largest absolute Gasteiger partial charge is 0.702 e. The minimum atomic E-state index is -2.95. The van der Waals surface area contributed by atoms with Crippen LogP contribution >= 0.6 is 8.25 Å². The predicted octanol–water partition coefficient (Wildman–Crippen LogP) is 7.18. The molecule has 6 rings (SSSR count). The Morgan fingerprint density at radius 1 is 0.581 bits per heavy atom. The third kappa shape index (κ3) is 11.1. The number of carbonyl (C=O) groups excluding carboxylic acids is 6. The van der Waals surface area contributed by atoms with Crippen molar-refractivity contribution in [3.8, 4) is 0 Å². The summed E-state index contributed by atoms with van der Waals surface area (Å²) in [5, 5.41) is 26.6. The van der Waals surface area contributed by atoms with Gasteiger partial charge in [0.05, 0.1) is 36.6 Å². The van der Waals surface area contributed by atoms with Crippen molar-refractivity contribution in [3.63, 3.8) is 0 Å². The van der Waals surface area contributed by atoms with Gasteiger partial charge in [0.1, 0.15) is 22.8 Å². The Hall–Kier alpha value is -7.76. The number of amides is 4. The van der Waals surface area contributed by atoms with Gasteiger partial charge in [-0.2, -0.15) is 0 Å². The van der Waals surface area contributed by atoms with Crippen molar-refractivity contribution in [1.82, 2.24) is 49.8 Å². The van der Waals surface area contributed by atoms with Crippen LogP contribution in [0, 0.1) is 51.0 Å². The topological polar surface area (TPSA) is 257 Å². The number of aromatic nitrogens is 8. The molecule has 0 aliphatic heterocycles. The molecule has 0 aliphatic carbocycles. The summed E-state index contributed by atoms with van der Waals surface area (Å²) in [5.74, 6) is -9.89. The van der Waals surface area contributed by atoms with Crippen LogP contribution in [-0.2, 0) is 61.8 Å². The van der Waals surface area contributed by atoms with E-state index in [4.69, 9.17) is 9.05 Å². The van der Waals surface area contributed by atoms with E-state index in [-0.39, 0.29) is 95.2 Å². The molecule has 392 valence electrons. The van der Waals surface area contributed by atoms with Crippen LogP contribution in [-0.4, -0.2) is 74.3 Å². The second kappa shape index (κ2) is 22.6. The maximum Gasteiger partial charge on any atom is 0.702 e. The maximum absolute atomic E-state index is 13.9. The number of benzene rings is 2. The average molecular weight is 1050 g/mol. The third-order valence-corrected chi connectivity index (χ3v) is 14.0. The number of rotatable bonds is 22. The van der Waals surface area contributed by atoms with Gasteiger partial charge in [-0.25, -0.2) is 26.9 Å². The summed E-state index contributed by atoms with van der Waals surface area (Å²) >= 11 is 0. The summed E-state index contributed by atoms with van der Waals surface area (Å²) in [6.07, 6.45) is 3.75. The fourth-order valence-corrected chi connectivity index (χ4v) is 9.74. The van der Waals surface area contributed by atoms with Crippen LogP contribution in [0.5, 0.6) is 0 Å². The zero-order chi connectivity index (χ0) is 54.6. The van der Waals surface area contributed by atoms with E-state index in [0.29, 0.717) is 11.4 Å². The molecule has 0 fully saturated rings. The Bertz CT molecular complexity index is 3000. The van der Waals surface area contributed by atoms with Crippen molar-refractivity contribution in [3.05, 3.63) is 128 Å². The minimum absolute atomic E-state index is 0.0191. The van der Waals surface area contributed by atoms with Gasteiger partial charge >= 0.3 is 8.25 Å². The molecule has 26 heteroatoms. The molecule has 0 radical (unpaired) electrons. The molecule has 4 heterocycles. The van der Waals surface area contributed by atoms with Gasteiger partial charge in [-0.05, 0) is 88.8 Å². The molecule has 21 nitrogen and oxygen atoms in total. The van der Waals surface area contributed by atoms with Crippen molar-refractivity contribution in [2.24, 2.45) is 14.1 Å². The van der Waals surface area contributed by atoms with E-state index in [9.17, 15) is 50.9 Å². The molecule has 4 N–H and O–H groups in total. The molecule has 0 saturated carbocycles. The molecule has 6 aromatic rings. The van der Waals surface area contributed by atoms with E-state index in [0.717, 1.165) is 24.3 Å². The number of nitrogens with one attached hydrogen (secondary N) is 4. The van der Waals surface area contributed by atoms with E-state index in [1.165, 1.54) is 71.0 Å². The molecule has 2 aromatic carbocycles. The van der Waals surface area contributed by atoms with Gasteiger partial charge in [0.2, 0.25) is 11.4 Å². The van der Waals surface area contributed by atoms with Crippen LogP contribution in [0.4, 0.5) is 28.9 Å². The van der Waals surface area contributed by atoms with E-state index >= 15 is 0 Å². The number of halogens is 4. The van der Waals surface area contributed by atoms with Gasteiger partial charge in [0.15, 0.2) is 23.3 Å². The zero-order valence-electron chi connectivity index (χ0n) is 42.1. The summed E-state index contributed by atoms with van der Waals surface area (Å²) in [7, 11) is 0.0758. The number of nitrogens with zero attached hydrogens (tertiary/aromatic N) is 8. The van der Waals surface area contributed by atoms with Crippen LogP contribution in [0.3, 0.4) is 0 Å². The van der Waals surface area contributed by atoms with Crippen molar-refractivity contribution in [2.45, 2.75) is 106 Å². The highest BCUT2D eigenvalue weighted by Crippen LogP contribution is 2.45. The second-order valence-electron chi connectivity index (χ2n) is 17.2. The fraction of sp³-hybridized carbons (Fsp3) is 0.375. The Balaban J connectivity index is 1.07. The lowest BCUT2D eigenvalue weighted by molar-refractivity contribution is -0.117. The number of hydrogen-bond donors (Lipinski definition) is 4. The molecule has 0 atom stereocenters. The predicted molar refractivity (Wildman–Crippen MR) is 258 cm³/mol. The zero-order valence-corrected chi connectivity index (χ0v) is 43.0. The SMILES string of the molecule is CCC(CC)(O[P+](=O)OC(CC)(CC)n1cc(CNC(=O)C(=O)c2c(C)c(C(=O)Nc3ccc(F)c(F)c3)n(C)c2C)nn1)n1cc(CNC(=O)C(=O)c2c(C)c(C(=O)Nc3ccc(F)c(F)c3)n(C)c2C)nn1. The summed E-state index contributed by atoms with van der Waals surface area (Å²) in [5.41, 5.74) is -1.47. The van der Waals surface area contributed by atoms with E-state index in [1.54, 1.807) is 41.5 Å². The van der Waals surface area contributed by atoms with Crippen LogP contribution in [0.15, 0.2) is 48.8 Å². The quantitative estimate of drug-likeness (QED) is 0.0228. The van der Waals surface area contributed by atoms with Crippen LogP contribution < -0.4 is 21.3 Å². The highest BCUT2D eigenvalue weighted by atomic mass is 31.1. The number of hydrogen-bond acceptors (Lipinski definition) is 13. The molecule has 74 heavy (non-hydrogen) atoms. The van der Waals surface area contributed by atoms with Crippen LogP contribution in [0.2, 0.25) is 0 Å². The lowest BCUT2D eigenvalue weighted by Crippen LogP contribution is -2.37. The molecular weight excluding hydrogens is 996 g/mol. The van der Waals surface area contributed by atoms with E-state index in [1.807, 2.05) is 0 Å². The number of carbonyl (C=O) groups is 6. The van der Waals surface area contributed by atoms with Crippen LogP contribution in [0.1, 0.15) is 129 Å². The van der Waals surface area contributed by atoms with E-state index in [2.05, 4.69) is 41.9 Å². The molecule has 0 spiro atoms. The Morgan fingerprint density at radius 3 is 1.26 bits per heavy atom. The lowest BCUT2D eigenvalue weighted by Gasteiger charge is -2.27. The smallest absolute Gasteiger partial charge is 0.343 e. The van der Waals surface area contributed by atoms with Crippen molar-refractivity contribution in [1.29, 1.82) is 0 Å². The molecular formula is C48H54F4N12O9P+. The first-order chi connectivity index (χ1) is 35.0. The second-order valence-corrected chi connectivity index (χ2v) is 18.0. The van der Waals surface area contributed by atoms with Crippen molar-refractivity contribution >= 4 is 54.8 Å². The molecule has 0 saturated heterocycles. The number of anilines is 2. The standard InChI is InChI=1S/C48H53F4N12O9P/c1-11-47(12-2,63-23-31(57-59-63)21-53-45(69)41(65)37-25(5)39(61(9)27(37)7)43(67)55-29-15-17-33(49)35(51)19-29)72-74(71)73-48(13-3,14-4)64-24-32(58-60-64)22-54-46(70)42(66)38-26(6)40(62(10)28(38)8)44(68)56-30-16-18-34(50)36(52)20-30/h15-20,23-24H,11-14,21-22H2,1-10H3,(H3-,53,54,55,56,67,68,69,70)/p+1. The van der Waals surface area contributed by atoms with Crippen molar-refractivity contribution < 1.29 is 59.9 Å². The maximum atomic E-state index is 13.9. The number of ketones is 2. The van der Waals surface area contributed by atoms with E-state index < -0.39 is 78.2 Å². The molecule has 0 bridgehead atoms. The fourth-order valence-electron chi connectivity index (χ4n) is 8.47. The summed E-state index contributed by atoms with van der Waals surface area (Å²) in [4.78, 5) is 79.9. The Labute approximate surface area is 422 Å². The summed E-state index contributed by atoms with van der Waals surface area (Å²) in [6.45, 7) is 12.6.